The van der Waals surface area contributed by atoms with Crippen molar-refractivity contribution in [3.63, 3.8) is 0 Å². The molecule has 1 aliphatic rings. The van der Waals surface area contributed by atoms with E-state index >= 15 is 0 Å². The van der Waals surface area contributed by atoms with Gasteiger partial charge in [-0.25, -0.2) is 9.13 Å². The first-order valence-corrected chi connectivity index (χ1v) is 25.7. The van der Waals surface area contributed by atoms with Crippen LogP contribution in [0.25, 0.3) is 0 Å². The predicted octanol–water partition coefficient (Wildman–Crippen LogP) is 5.89. The topological polar surface area (TPSA) is 296 Å². The number of carbonyl (C=O) groups excluding carboxylic acids is 2. The highest BCUT2D eigenvalue weighted by molar-refractivity contribution is 7.47. The number of rotatable bonds is 37. The van der Waals surface area contributed by atoms with Crippen molar-refractivity contribution in [1.82, 2.24) is 0 Å². The molecule has 1 saturated carbocycles. The lowest BCUT2D eigenvalue weighted by Crippen LogP contribution is -2.64. The van der Waals surface area contributed by atoms with Crippen molar-refractivity contribution in [1.29, 1.82) is 0 Å². The number of ether oxygens (including phenoxy) is 2. The van der Waals surface area contributed by atoms with E-state index < -0.39 is 95.7 Å². The minimum absolute atomic E-state index is 0.00444. The van der Waals surface area contributed by atoms with Gasteiger partial charge in [-0.2, -0.15) is 0 Å². The summed E-state index contributed by atoms with van der Waals surface area (Å²) < 4.78 is 49.2. The molecular formula is C43H78O18P2. The molecule has 0 radical (unpaired) electrons. The molecule has 368 valence electrons. The summed E-state index contributed by atoms with van der Waals surface area (Å²) in [5, 5.41) is 61.6. The van der Waals surface area contributed by atoms with Crippen LogP contribution < -0.4 is 0 Å². The Kier molecular flexibility index (Phi) is 32.3. The van der Waals surface area contributed by atoms with E-state index in [-0.39, 0.29) is 12.8 Å². The lowest BCUT2D eigenvalue weighted by molar-refractivity contribution is -0.216. The van der Waals surface area contributed by atoms with Gasteiger partial charge in [-0.05, 0) is 64.2 Å². The summed E-state index contributed by atoms with van der Waals surface area (Å²) in [6, 6.07) is 0. The maximum Gasteiger partial charge on any atom is 0.472 e. The smallest absolute Gasteiger partial charge is 0.462 e. The zero-order valence-corrected chi connectivity index (χ0v) is 39.0. The van der Waals surface area contributed by atoms with E-state index in [9.17, 15) is 54.3 Å². The molecule has 0 heterocycles. The van der Waals surface area contributed by atoms with Crippen LogP contribution in [-0.4, -0.2) is 125 Å². The van der Waals surface area contributed by atoms with Crippen LogP contribution in [0.1, 0.15) is 155 Å². The van der Waals surface area contributed by atoms with Crippen LogP contribution in [0.4, 0.5) is 0 Å². The number of esters is 2. The standard InChI is InChI=1S/C43H78O18P2/c1-3-5-7-9-11-12-13-14-15-16-17-21-26-30-37(47)59-33(32-58-63(55,56)61-43-40(50)38(48)39(49)42(41(43)51)60-62(52,53)54)31-57-36(46)29-25-22-18-20-24-28-35(45)34(44)27-23-19-10-8-6-4-2/h7,9,12-13,19,23,33-35,38-45,48-51H,3-6,8,10-11,14-18,20-22,24-32H2,1-2H3,(H,55,56)(H2,52,53,54)/b9-7-,13-12-,23-19-/t33-,34-,35-,38?,39?,40?,41?,42-,43+/m1/s1. The monoisotopic (exact) mass is 944 g/mol. The van der Waals surface area contributed by atoms with E-state index in [2.05, 4.69) is 42.7 Å². The van der Waals surface area contributed by atoms with Crippen LogP contribution in [0.5, 0.6) is 0 Å². The first kappa shape index (κ1) is 59.2. The third kappa shape index (κ3) is 28.7. The van der Waals surface area contributed by atoms with Gasteiger partial charge in [-0.15, -0.1) is 0 Å². The molecule has 10 atom stereocenters. The van der Waals surface area contributed by atoms with E-state index in [1.807, 2.05) is 12.2 Å². The lowest BCUT2D eigenvalue weighted by Gasteiger charge is -2.43. The Labute approximate surface area is 373 Å². The van der Waals surface area contributed by atoms with Crippen LogP contribution in [0.3, 0.4) is 0 Å². The molecule has 0 aliphatic heterocycles. The highest BCUT2D eigenvalue weighted by atomic mass is 31.2. The molecule has 63 heavy (non-hydrogen) atoms. The fourth-order valence-corrected chi connectivity index (χ4v) is 8.21. The van der Waals surface area contributed by atoms with Gasteiger partial charge in [0, 0.05) is 12.8 Å². The average molecular weight is 945 g/mol. The van der Waals surface area contributed by atoms with E-state index in [1.165, 1.54) is 0 Å². The molecule has 0 aromatic carbocycles. The second-order valence-corrected chi connectivity index (χ2v) is 18.7. The molecule has 0 saturated heterocycles. The number of allylic oxidation sites excluding steroid dienone is 5. The first-order chi connectivity index (χ1) is 29.9. The summed E-state index contributed by atoms with van der Waals surface area (Å²) in [7, 11) is -10.7. The van der Waals surface area contributed by atoms with Crippen molar-refractivity contribution < 1.29 is 87.1 Å². The molecular weight excluding hydrogens is 866 g/mol. The number of phosphoric ester groups is 2. The molecule has 0 bridgehead atoms. The molecule has 1 rings (SSSR count). The fourth-order valence-electron chi connectivity index (χ4n) is 6.67. The van der Waals surface area contributed by atoms with Gasteiger partial charge in [0.1, 0.15) is 43.2 Å². The number of hydrogen-bond acceptors (Lipinski definition) is 15. The Balaban J connectivity index is 2.67. The number of unbranched alkanes of at least 4 members (excludes halogenated alkanes) is 13. The van der Waals surface area contributed by atoms with Crippen LogP contribution in [0.15, 0.2) is 36.5 Å². The Morgan fingerprint density at radius 3 is 1.73 bits per heavy atom. The second-order valence-electron chi connectivity index (χ2n) is 16.1. The van der Waals surface area contributed by atoms with Gasteiger partial charge >= 0.3 is 27.6 Å². The summed E-state index contributed by atoms with van der Waals surface area (Å²) in [4.78, 5) is 54.2. The van der Waals surface area contributed by atoms with Crippen molar-refractivity contribution in [2.45, 2.75) is 210 Å². The fraction of sp³-hybridized carbons (Fsp3) is 0.814. The van der Waals surface area contributed by atoms with Crippen molar-refractivity contribution in [3.8, 4) is 0 Å². The number of aliphatic hydroxyl groups excluding tert-OH is 6. The third-order valence-corrected chi connectivity index (χ3v) is 11.9. The van der Waals surface area contributed by atoms with Crippen molar-refractivity contribution >= 4 is 27.6 Å². The lowest BCUT2D eigenvalue weighted by atomic mass is 9.85. The minimum Gasteiger partial charge on any atom is -0.462 e. The summed E-state index contributed by atoms with van der Waals surface area (Å²) in [5.74, 6) is -1.34. The second kappa shape index (κ2) is 34.4. The molecule has 9 N–H and O–H groups in total. The van der Waals surface area contributed by atoms with Crippen LogP contribution >= 0.6 is 15.6 Å². The number of phosphoric acid groups is 2. The van der Waals surface area contributed by atoms with E-state index in [1.54, 1.807) is 0 Å². The first-order valence-electron chi connectivity index (χ1n) is 22.7. The van der Waals surface area contributed by atoms with Gasteiger partial charge in [0.05, 0.1) is 18.8 Å². The van der Waals surface area contributed by atoms with Gasteiger partial charge in [0.15, 0.2) is 6.10 Å². The molecule has 0 aromatic rings. The van der Waals surface area contributed by atoms with Gasteiger partial charge in [0.2, 0.25) is 0 Å². The Hall–Kier alpha value is -1.86. The van der Waals surface area contributed by atoms with E-state index in [0.717, 1.165) is 89.9 Å². The Bertz CT molecular complexity index is 1410. The Morgan fingerprint density at radius 2 is 1.11 bits per heavy atom. The number of hydrogen-bond donors (Lipinski definition) is 9. The zero-order chi connectivity index (χ0) is 47.1. The van der Waals surface area contributed by atoms with Gasteiger partial charge in [0.25, 0.3) is 0 Å². The SMILES string of the molecule is CCC/C=C\C/C=C\CCCCCCCC(=O)O[C@H](COC(=O)CCCCCCC[C@@H](O)[C@H](O)C/C=C\CCCCC)COP(=O)(O)O[C@H]1C(O)C(O)C(O)[C@@H](OP(=O)(O)O)C1O. The summed E-state index contributed by atoms with van der Waals surface area (Å²) in [6.45, 7) is 2.82. The van der Waals surface area contributed by atoms with Gasteiger partial charge < -0.3 is 54.8 Å². The largest absolute Gasteiger partial charge is 0.472 e. The molecule has 0 amide bonds. The highest BCUT2D eigenvalue weighted by Crippen LogP contribution is 2.49. The van der Waals surface area contributed by atoms with Crippen LogP contribution in [-0.2, 0) is 41.8 Å². The predicted molar refractivity (Wildman–Crippen MR) is 235 cm³/mol. The maximum absolute atomic E-state index is 13.0. The molecule has 1 fully saturated rings. The van der Waals surface area contributed by atoms with Gasteiger partial charge in [-0.1, -0.05) is 115 Å². The number of aliphatic hydroxyl groups is 6. The summed E-state index contributed by atoms with van der Waals surface area (Å²) in [5.41, 5.74) is 0. The quantitative estimate of drug-likeness (QED) is 0.0152. The van der Waals surface area contributed by atoms with Crippen molar-refractivity contribution in [2.24, 2.45) is 0 Å². The number of carbonyl (C=O) groups is 2. The maximum atomic E-state index is 13.0. The van der Waals surface area contributed by atoms with Gasteiger partial charge in [-0.3, -0.25) is 23.2 Å². The van der Waals surface area contributed by atoms with E-state index in [0.29, 0.717) is 38.5 Å². The highest BCUT2D eigenvalue weighted by Gasteiger charge is 2.54. The minimum atomic E-state index is -5.38. The summed E-state index contributed by atoms with van der Waals surface area (Å²) >= 11 is 0. The summed E-state index contributed by atoms with van der Waals surface area (Å²) in [6.07, 6.45) is 12.7. The molecule has 1 aliphatic carbocycles. The third-order valence-electron chi connectivity index (χ3n) is 10.4. The average Bonchev–Trinajstić information content (AvgIpc) is 3.23. The van der Waals surface area contributed by atoms with Crippen molar-refractivity contribution in [3.05, 3.63) is 36.5 Å². The molecule has 0 spiro atoms. The normalized spacial score (nSPS) is 23.3. The van der Waals surface area contributed by atoms with E-state index in [4.69, 9.17) is 28.3 Å². The van der Waals surface area contributed by atoms with Crippen LogP contribution in [0.2, 0.25) is 0 Å². The van der Waals surface area contributed by atoms with Crippen molar-refractivity contribution in [2.75, 3.05) is 13.2 Å². The molecule has 20 heteroatoms. The zero-order valence-electron chi connectivity index (χ0n) is 37.2. The molecule has 5 unspecified atom stereocenters. The van der Waals surface area contributed by atoms with Crippen LogP contribution in [0, 0.1) is 0 Å². The Morgan fingerprint density at radius 1 is 0.571 bits per heavy atom. The molecule has 18 nitrogen and oxygen atoms in total. The molecule has 0 aromatic heterocycles.